The highest BCUT2D eigenvalue weighted by atomic mass is 16.6. The number of anilines is 3. The number of rotatable bonds is 3. The van der Waals surface area contributed by atoms with Gasteiger partial charge < -0.3 is 21.9 Å². The van der Waals surface area contributed by atoms with Crippen molar-refractivity contribution in [2.45, 2.75) is 19.6 Å². The van der Waals surface area contributed by atoms with Gasteiger partial charge in [-0.3, -0.25) is 0 Å². The second kappa shape index (κ2) is 3.97. The fourth-order valence-corrected chi connectivity index (χ4v) is 0.780. The van der Waals surface area contributed by atoms with Gasteiger partial charge in [-0.05, 0) is 0 Å². The van der Waals surface area contributed by atoms with Gasteiger partial charge in [0.05, 0.1) is 0 Å². The summed E-state index contributed by atoms with van der Waals surface area (Å²) >= 11 is 0. The van der Waals surface area contributed by atoms with Gasteiger partial charge in [0, 0.05) is 6.42 Å². The van der Waals surface area contributed by atoms with Gasteiger partial charge >= 0.3 is 0 Å². The maximum absolute atomic E-state index is 11.0. The normalized spacial score (nSPS) is 12.4. The van der Waals surface area contributed by atoms with E-state index >= 15 is 0 Å². The molecule has 0 amide bonds. The molecule has 0 fully saturated rings. The molecule has 7 heteroatoms. The van der Waals surface area contributed by atoms with Crippen LogP contribution in [0.25, 0.3) is 0 Å². The van der Waals surface area contributed by atoms with Crippen molar-refractivity contribution in [3.63, 3.8) is 0 Å². The van der Waals surface area contributed by atoms with Gasteiger partial charge in [-0.15, -0.1) is 0 Å². The Bertz CT molecular complexity index is 330. The lowest BCUT2D eigenvalue weighted by Gasteiger charge is -2.11. The Hall–Kier alpha value is -1.76. The predicted octanol–water partition coefficient (Wildman–Crippen LogP) is -0.231. The lowest BCUT2D eigenvalue weighted by Crippen LogP contribution is -2.16. The molecule has 1 rings (SSSR count). The van der Waals surface area contributed by atoms with E-state index in [1.54, 1.807) is 6.92 Å². The molecule has 0 saturated heterocycles. The molecule has 0 aliphatic rings. The Labute approximate surface area is 80.9 Å². The summed E-state index contributed by atoms with van der Waals surface area (Å²) < 4.78 is 4.86. The highest BCUT2D eigenvalue weighted by Gasteiger charge is 2.13. The molecule has 0 spiro atoms. The lowest BCUT2D eigenvalue weighted by molar-refractivity contribution is -0.0740. The van der Waals surface area contributed by atoms with E-state index in [2.05, 4.69) is 9.97 Å². The molecule has 0 saturated carbocycles. The molecule has 77 valence electrons. The van der Waals surface area contributed by atoms with Crippen molar-refractivity contribution in [1.29, 1.82) is 0 Å². The number of nitrogen functional groups attached to an aromatic ring is 3. The zero-order valence-corrected chi connectivity index (χ0v) is 7.73. The van der Waals surface area contributed by atoms with E-state index in [9.17, 15) is 5.11 Å². The van der Waals surface area contributed by atoms with Gasteiger partial charge in [-0.2, -0.15) is 15.1 Å². The summed E-state index contributed by atoms with van der Waals surface area (Å²) in [6, 6.07) is 0. The van der Waals surface area contributed by atoms with Crippen LogP contribution in [0.4, 0.5) is 17.5 Å². The molecule has 1 aromatic heterocycles. The first-order chi connectivity index (χ1) is 6.54. The Balaban J connectivity index is 2.96. The fourth-order valence-electron chi connectivity index (χ4n) is 0.780. The minimum Gasteiger partial charge on any atom is -0.443 e. The number of nitrogens with two attached hydrogens (primary N) is 3. The topological polar surface area (TPSA) is 133 Å². The largest absolute Gasteiger partial charge is 0.443 e. The van der Waals surface area contributed by atoms with Crippen LogP contribution >= 0.6 is 0 Å². The second-order valence-corrected chi connectivity index (χ2v) is 2.64. The van der Waals surface area contributed by atoms with Gasteiger partial charge in [-0.1, -0.05) is 6.92 Å². The first kappa shape index (κ1) is 10.3. The standard InChI is InChI=1S/C7H12N5O2/c1-2-3(13)14-6-4(8)5(9)11-7(10)12-6/h3H,2,8H2,1H3,(H4,9,10,11,12). The average molecular weight is 198 g/mol. The number of nitrogens with zero attached hydrogens (tertiary/aromatic N) is 2. The zero-order valence-electron chi connectivity index (χ0n) is 7.73. The summed E-state index contributed by atoms with van der Waals surface area (Å²) in [7, 11) is 0. The van der Waals surface area contributed by atoms with Crippen LogP contribution < -0.4 is 21.9 Å². The van der Waals surface area contributed by atoms with Gasteiger partial charge in [-0.25, -0.2) is 0 Å². The molecule has 0 aliphatic carbocycles. The summed E-state index contributed by atoms with van der Waals surface area (Å²) in [5.74, 6) is -0.123. The lowest BCUT2D eigenvalue weighted by atomic mass is 10.4. The first-order valence-electron chi connectivity index (χ1n) is 4.05. The van der Waals surface area contributed by atoms with Crippen molar-refractivity contribution in [3.05, 3.63) is 0 Å². The van der Waals surface area contributed by atoms with Crippen molar-refractivity contribution in [3.8, 4) is 5.88 Å². The van der Waals surface area contributed by atoms with Crippen molar-refractivity contribution < 1.29 is 9.84 Å². The molecule has 0 bridgehead atoms. The SMILES string of the molecule is CCC([O])Oc1nc(N)nc(N)c1N. The van der Waals surface area contributed by atoms with Crippen molar-refractivity contribution in [2.24, 2.45) is 0 Å². The minimum atomic E-state index is -1.23. The van der Waals surface area contributed by atoms with E-state index < -0.39 is 6.29 Å². The molecule has 7 nitrogen and oxygen atoms in total. The van der Waals surface area contributed by atoms with Crippen molar-refractivity contribution in [2.75, 3.05) is 17.2 Å². The van der Waals surface area contributed by atoms with E-state index in [1.807, 2.05) is 0 Å². The average Bonchev–Trinajstić information content (AvgIpc) is 2.13. The van der Waals surface area contributed by atoms with E-state index in [1.165, 1.54) is 0 Å². The maximum atomic E-state index is 11.0. The van der Waals surface area contributed by atoms with Crippen LogP contribution in [0.15, 0.2) is 0 Å². The summed E-state index contributed by atoms with van der Waals surface area (Å²) in [5, 5.41) is 11.0. The van der Waals surface area contributed by atoms with Crippen LogP contribution in [-0.4, -0.2) is 16.3 Å². The van der Waals surface area contributed by atoms with E-state index in [0.717, 1.165) is 0 Å². The summed E-state index contributed by atoms with van der Waals surface area (Å²) in [6.45, 7) is 1.68. The molecule has 1 radical (unpaired) electrons. The molecule has 0 aliphatic heterocycles. The molecule has 0 aromatic carbocycles. The Morgan fingerprint density at radius 1 is 1.36 bits per heavy atom. The van der Waals surface area contributed by atoms with Crippen molar-refractivity contribution in [1.82, 2.24) is 9.97 Å². The van der Waals surface area contributed by atoms with E-state index in [-0.39, 0.29) is 23.3 Å². The Kier molecular flexibility index (Phi) is 2.92. The number of hydrogen-bond donors (Lipinski definition) is 3. The molecule has 14 heavy (non-hydrogen) atoms. The molecule has 1 aromatic rings. The number of ether oxygens (including phenoxy) is 1. The third-order valence-corrected chi connectivity index (χ3v) is 1.53. The molecular weight excluding hydrogens is 186 g/mol. The first-order valence-corrected chi connectivity index (χ1v) is 4.05. The third-order valence-electron chi connectivity index (χ3n) is 1.53. The van der Waals surface area contributed by atoms with Crippen LogP contribution in [0.2, 0.25) is 0 Å². The second-order valence-electron chi connectivity index (χ2n) is 2.64. The van der Waals surface area contributed by atoms with Gasteiger partial charge in [0.25, 0.3) is 0 Å². The molecule has 1 heterocycles. The Morgan fingerprint density at radius 3 is 2.57 bits per heavy atom. The van der Waals surface area contributed by atoms with Gasteiger partial charge in [0.2, 0.25) is 18.1 Å². The summed E-state index contributed by atoms with van der Waals surface area (Å²) in [4.78, 5) is 7.27. The van der Waals surface area contributed by atoms with E-state index in [0.29, 0.717) is 6.42 Å². The highest BCUT2D eigenvalue weighted by molar-refractivity contribution is 5.65. The minimum absolute atomic E-state index is 0.0100. The van der Waals surface area contributed by atoms with Crippen LogP contribution in [0.5, 0.6) is 5.88 Å². The quantitative estimate of drug-likeness (QED) is 0.574. The summed E-state index contributed by atoms with van der Waals surface area (Å²) in [6.07, 6.45) is -0.936. The van der Waals surface area contributed by atoms with Crippen LogP contribution in [0.1, 0.15) is 13.3 Å². The molecular formula is C7H12N5O2. The van der Waals surface area contributed by atoms with E-state index in [4.69, 9.17) is 21.9 Å². The zero-order chi connectivity index (χ0) is 10.7. The van der Waals surface area contributed by atoms with Crippen molar-refractivity contribution >= 4 is 17.5 Å². The van der Waals surface area contributed by atoms with Gasteiger partial charge in [0.1, 0.15) is 5.69 Å². The fraction of sp³-hybridized carbons (Fsp3) is 0.429. The maximum Gasteiger partial charge on any atom is 0.246 e. The third kappa shape index (κ3) is 2.13. The van der Waals surface area contributed by atoms with Gasteiger partial charge in [0.15, 0.2) is 5.82 Å². The monoisotopic (exact) mass is 198 g/mol. The molecule has 6 N–H and O–H groups in total. The summed E-state index contributed by atoms with van der Waals surface area (Å²) in [5.41, 5.74) is 16.2. The van der Waals surface area contributed by atoms with Crippen LogP contribution in [0.3, 0.4) is 0 Å². The van der Waals surface area contributed by atoms with Crippen LogP contribution in [-0.2, 0) is 5.11 Å². The smallest absolute Gasteiger partial charge is 0.246 e. The van der Waals surface area contributed by atoms with Crippen LogP contribution in [0, 0.1) is 0 Å². The predicted molar refractivity (Wildman–Crippen MR) is 50.7 cm³/mol. The highest BCUT2D eigenvalue weighted by Crippen LogP contribution is 2.25. The molecule has 1 atom stereocenters. The molecule has 1 unspecified atom stereocenters. The number of hydrogen-bond acceptors (Lipinski definition) is 6. The number of aromatic nitrogens is 2. The Morgan fingerprint density at radius 2 is 2.00 bits per heavy atom.